The van der Waals surface area contributed by atoms with E-state index in [9.17, 15) is 9.18 Å². The van der Waals surface area contributed by atoms with Crippen LogP contribution in [-0.4, -0.2) is 29.9 Å². The first-order chi connectivity index (χ1) is 9.63. The van der Waals surface area contributed by atoms with E-state index in [1.54, 1.807) is 6.07 Å². The SMILES string of the molecule is C[C@H]1C[C@@H](C(=O)N2CCc3cc(F)ccc3C2)CCN1. The average Bonchev–Trinajstić information content (AvgIpc) is 2.46. The summed E-state index contributed by atoms with van der Waals surface area (Å²) in [5.74, 6) is 0.234. The lowest BCUT2D eigenvalue weighted by molar-refractivity contribution is -0.137. The van der Waals surface area contributed by atoms with Crippen molar-refractivity contribution in [2.24, 2.45) is 5.92 Å². The molecule has 3 rings (SSSR count). The van der Waals surface area contributed by atoms with Gasteiger partial charge in [-0.05, 0) is 56.0 Å². The number of piperidine rings is 1. The van der Waals surface area contributed by atoms with Crippen molar-refractivity contribution in [1.29, 1.82) is 0 Å². The predicted octanol–water partition coefficient (Wildman–Crippen LogP) is 2.10. The minimum absolute atomic E-state index is 0.147. The minimum Gasteiger partial charge on any atom is -0.338 e. The zero-order valence-electron chi connectivity index (χ0n) is 11.9. The topological polar surface area (TPSA) is 32.3 Å². The first-order valence-electron chi connectivity index (χ1n) is 7.43. The number of hydrogen-bond donors (Lipinski definition) is 1. The van der Waals surface area contributed by atoms with E-state index in [-0.39, 0.29) is 17.6 Å². The molecule has 2 heterocycles. The number of fused-ring (bicyclic) bond motifs is 1. The minimum atomic E-state index is -0.185. The highest BCUT2D eigenvalue weighted by Gasteiger charge is 2.30. The lowest BCUT2D eigenvalue weighted by Gasteiger charge is -2.34. The van der Waals surface area contributed by atoms with Gasteiger partial charge in [0.1, 0.15) is 5.82 Å². The van der Waals surface area contributed by atoms with Gasteiger partial charge in [-0.25, -0.2) is 4.39 Å². The molecule has 2 atom stereocenters. The summed E-state index contributed by atoms with van der Waals surface area (Å²) < 4.78 is 13.2. The summed E-state index contributed by atoms with van der Waals surface area (Å²) in [7, 11) is 0. The standard InChI is InChI=1S/C16H21FN2O/c1-11-8-13(4-6-18-11)16(20)19-7-5-12-9-15(17)3-2-14(12)10-19/h2-3,9,11,13,18H,4-8,10H2,1H3/t11-,13-/m0/s1. The van der Waals surface area contributed by atoms with Crippen LogP contribution in [0.5, 0.6) is 0 Å². The molecular formula is C16H21FN2O. The van der Waals surface area contributed by atoms with E-state index in [4.69, 9.17) is 0 Å². The molecule has 1 aromatic carbocycles. The van der Waals surface area contributed by atoms with Gasteiger partial charge in [-0.1, -0.05) is 6.07 Å². The van der Waals surface area contributed by atoms with Crippen molar-refractivity contribution in [2.45, 2.75) is 38.8 Å². The molecule has 108 valence electrons. The fraction of sp³-hybridized carbons (Fsp3) is 0.562. The fourth-order valence-corrected chi connectivity index (χ4v) is 3.32. The number of nitrogens with one attached hydrogen (secondary N) is 1. The van der Waals surface area contributed by atoms with E-state index in [0.717, 1.165) is 36.9 Å². The molecule has 0 saturated carbocycles. The van der Waals surface area contributed by atoms with Gasteiger partial charge < -0.3 is 10.2 Å². The third-order valence-electron chi connectivity index (χ3n) is 4.47. The van der Waals surface area contributed by atoms with Crippen molar-refractivity contribution >= 4 is 5.91 Å². The molecular weight excluding hydrogens is 255 g/mol. The largest absolute Gasteiger partial charge is 0.338 e. The Morgan fingerprint density at radius 2 is 2.25 bits per heavy atom. The lowest BCUT2D eigenvalue weighted by atomic mass is 9.90. The predicted molar refractivity (Wildman–Crippen MR) is 75.7 cm³/mol. The summed E-state index contributed by atoms with van der Waals surface area (Å²) in [6.07, 6.45) is 2.61. The second-order valence-electron chi connectivity index (χ2n) is 6.00. The highest BCUT2D eigenvalue weighted by molar-refractivity contribution is 5.79. The van der Waals surface area contributed by atoms with Gasteiger partial charge in [0.25, 0.3) is 0 Å². The Hall–Kier alpha value is -1.42. The Bertz CT molecular complexity index is 517. The second-order valence-corrected chi connectivity index (χ2v) is 6.00. The van der Waals surface area contributed by atoms with Crippen LogP contribution in [0.4, 0.5) is 4.39 Å². The molecule has 2 aliphatic rings. The zero-order chi connectivity index (χ0) is 14.1. The molecule has 0 bridgehead atoms. The van der Waals surface area contributed by atoms with Crippen LogP contribution in [-0.2, 0) is 17.8 Å². The maximum atomic E-state index is 13.2. The number of amides is 1. The molecule has 4 heteroatoms. The quantitative estimate of drug-likeness (QED) is 0.852. The summed E-state index contributed by atoms with van der Waals surface area (Å²) in [6.45, 7) is 4.40. The van der Waals surface area contributed by atoms with Crippen molar-refractivity contribution in [2.75, 3.05) is 13.1 Å². The molecule has 1 N–H and O–H groups in total. The zero-order valence-corrected chi connectivity index (χ0v) is 11.9. The molecule has 0 spiro atoms. The van der Waals surface area contributed by atoms with Gasteiger partial charge >= 0.3 is 0 Å². The Labute approximate surface area is 119 Å². The summed E-state index contributed by atoms with van der Waals surface area (Å²) in [5, 5.41) is 3.38. The normalized spacial score (nSPS) is 26.2. The Morgan fingerprint density at radius 3 is 3.05 bits per heavy atom. The van der Waals surface area contributed by atoms with Crippen molar-refractivity contribution in [3.05, 3.63) is 35.1 Å². The molecule has 3 nitrogen and oxygen atoms in total. The number of carbonyl (C=O) groups excluding carboxylic acids is 1. The van der Waals surface area contributed by atoms with Crippen LogP contribution in [0, 0.1) is 11.7 Å². The molecule has 0 aromatic heterocycles. The van der Waals surface area contributed by atoms with E-state index in [1.165, 1.54) is 6.07 Å². The third kappa shape index (κ3) is 2.70. The highest BCUT2D eigenvalue weighted by Crippen LogP contribution is 2.24. The van der Waals surface area contributed by atoms with E-state index in [1.807, 2.05) is 11.0 Å². The van der Waals surface area contributed by atoms with Crippen LogP contribution < -0.4 is 5.32 Å². The lowest BCUT2D eigenvalue weighted by Crippen LogP contribution is -2.45. The number of benzene rings is 1. The van der Waals surface area contributed by atoms with Crippen LogP contribution >= 0.6 is 0 Å². The molecule has 0 unspecified atom stereocenters. The second kappa shape index (κ2) is 5.52. The summed E-state index contributed by atoms with van der Waals surface area (Å²) in [6, 6.07) is 5.32. The number of halogens is 1. The number of carbonyl (C=O) groups is 1. The highest BCUT2D eigenvalue weighted by atomic mass is 19.1. The molecule has 1 saturated heterocycles. The van der Waals surface area contributed by atoms with Gasteiger partial charge in [0.15, 0.2) is 0 Å². The molecule has 1 fully saturated rings. The Kier molecular flexibility index (Phi) is 3.74. The number of hydrogen-bond acceptors (Lipinski definition) is 2. The molecule has 1 amide bonds. The number of nitrogens with zero attached hydrogens (tertiary/aromatic N) is 1. The van der Waals surface area contributed by atoms with Gasteiger partial charge in [-0.2, -0.15) is 0 Å². The Morgan fingerprint density at radius 1 is 1.40 bits per heavy atom. The molecule has 2 aliphatic heterocycles. The summed E-state index contributed by atoms with van der Waals surface area (Å²) >= 11 is 0. The average molecular weight is 276 g/mol. The van der Waals surface area contributed by atoms with Gasteiger partial charge in [-0.15, -0.1) is 0 Å². The molecule has 0 radical (unpaired) electrons. The van der Waals surface area contributed by atoms with Crippen LogP contribution in [0.15, 0.2) is 18.2 Å². The maximum absolute atomic E-state index is 13.2. The molecule has 0 aliphatic carbocycles. The molecule has 20 heavy (non-hydrogen) atoms. The van der Waals surface area contributed by atoms with E-state index in [2.05, 4.69) is 12.2 Å². The van der Waals surface area contributed by atoms with Crippen molar-refractivity contribution < 1.29 is 9.18 Å². The van der Waals surface area contributed by atoms with Crippen LogP contribution in [0.1, 0.15) is 30.9 Å². The first-order valence-corrected chi connectivity index (χ1v) is 7.43. The number of rotatable bonds is 1. The van der Waals surface area contributed by atoms with E-state index < -0.39 is 0 Å². The fourth-order valence-electron chi connectivity index (χ4n) is 3.32. The smallest absolute Gasteiger partial charge is 0.226 e. The Balaban J connectivity index is 1.70. The first kappa shape index (κ1) is 13.6. The monoisotopic (exact) mass is 276 g/mol. The van der Waals surface area contributed by atoms with Crippen molar-refractivity contribution in [1.82, 2.24) is 10.2 Å². The van der Waals surface area contributed by atoms with Crippen LogP contribution in [0.2, 0.25) is 0 Å². The molecule has 1 aromatic rings. The van der Waals surface area contributed by atoms with Crippen molar-refractivity contribution in [3.8, 4) is 0 Å². The van der Waals surface area contributed by atoms with Gasteiger partial charge in [0, 0.05) is 25.0 Å². The van der Waals surface area contributed by atoms with Gasteiger partial charge in [0.05, 0.1) is 0 Å². The van der Waals surface area contributed by atoms with Crippen LogP contribution in [0.25, 0.3) is 0 Å². The van der Waals surface area contributed by atoms with Crippen LogP contribution in [0.3, 0.4) is 0 Å². The van der Waals surface area contributed by atoms with E-state index in [0.29, 0.717) is 19.1 Å². The van der Waals surface area contributed by atoms with Gasteiger partial charge in [-0.3, -0.25) is 4.79 Å². The van der Waals surface area contributed by atoms with Crippen molar-refractivity contribution in [3.63, 3.8) is 0 Å². The summed E-state index contributed by atoms with van der Waals surface area (Å²) in [5.41, 5.74) is 2.14. The van der Waals surface area contributed by atoms with E-state index >= 15 is 0 Å². The summed E-state index contributed by atoms with van der Waals surface area (Å²) in [4.78, 5) is 14.5. The maximum Gasteiger partial charge on any atom is 0.226 e. The van der Waals surface area contributed by atoms with Gasteiger partial charge in [0.2, 0.25) is 5.91 Å². The third-order valence-corrected chi connectivity index (χ3v) is 4.47.